The number of rotatable bonds is 8. The lowest BCUT2D eigenvalue weighted by Crippen LogP contribution is -2.27. The summed E-state index contributed by atoms with van der Waals surface area (Å²) < 4.78 is 6.52. The van der Waals surface area contributed by atoms with E-state index in [2.05, 4.69) is 169 Å². The molecule has 8 aromatic carbocycles. The number of ether oxygens (including phenoxy) is 1. The van der Waals surface area contributed by atoms with Crippen molar-refractivity contribution < 1.29 is 4.74 Å². The molecule has 0 heterocycles. The van der Waals surface area contributed by atoms with Crippen molar-refractivity contribution in [2.75, 3.05) is 0 Å². The van der Waals surface area contributed by atoms with Gasteiger partial charge in [-0.3, -0.25) is 0 Å². The number of hydrogen-bond acceptors (Lipinski definition) is 1. The summed E-state index contributed by atoms with van der Waals surface area (Å²) in [5.41, 5.74) is 7.04. The Labute approximate surface area is 324 Å². The minimum Gasteiger partial charge on any atom is -0.457 e. The molecule has 0 bridgehead atoms. The van der Waals surface area contributed by atoms with Gasteiger partial charge in [-0.2, -0.15) is 0 Å². The molecule has 0 fully saturated rings. The first-order chi connectivity index (χ1) is 27.2. The van der Waals surface area contributed by atoms with E-state index in [1.807, 2.05) is 84.9 Å². The standard InChI is InChI=1S/C54H38O/c1-7-19-43(20-8-1)39-41-53(45-23-11-3-12-24-45,46-25-13-4-14-26-46)49-31-35-51(36-32-49)55-52-37-33-50(34-38-52)54(47-27-15-5-16-28-47,48-29-17-6-18-30-48)42-40-44-21-9-2-10-22-44/h1-38H. The van der Waals surface area contributed by atoms with Gasteiger partial charge in [-0.25, -0.2) is 0 Å². The van der Waals surface area contributed by atoms with Crippen LogP contribution >= 0.6 is 0 Å². The van der Waals surface area contributed by atoms with Crippen LogP contribution in [-0.4, -0.2) is 0 Å². The Morgan fingerprint density at radius 2 is 0.491 bits per heavy atom. The average molecular weight is 703 g/mol. The Kier molecular flexibility index (Phi) is 10.2. The van der Waals surface area contributed by atoms with Crippen LogP contribution in [0.3, 0.4) is 0 Å². The van der Waals surface area contributed by atoms with Gasteiger partial charge in [0.1, 0.15) is 22.3 Å². The maximum atomic E-state index is 6.52. The molecule has 0 unspecified atom stereocenters. The zero-order valence-electron chi connectivity index (χ0n) is 30.3. The van der Waals surface area contributed by atoms with Crippen LogP contribution < -0.4 is 4.74 Å². The Morgan fingerprint density at radius 3 is 0.764 bits per heavy atom. The second-order valence-corrected chi connectivity index (χ2v) is 13.3. The predicted molar refractivity (Wildman–Crippen MR) is 225 cm³/mol. The van der Waals surface area contributed by atoms with Crippen molar-refractivity contribution in [1.29, 1.82) is 0 Å². The van der Waals surface area contributed by atoms with Gasteiger partial charge >= 0.3 is 0 Å². The summed E-state index contributed by atoms with van der Waals surface area (Å²) >= 11 is 0. The summed E-state index contributed by atoms with van der Waals surface area (Å²) in [6, 6.07) is 79.1. The van der Waals surface area contributed by atoms with Crippen LogP contribution in [0.4, 0.5) is 0 Å². The van der Waals surface area contributed by atoms with E-state index in [-0.39, 0.29) is 0 Å². The molecule has 1 heteroatoms. The largest absolute Gasteiger partial charge is 0.457 e. The minimum atomic E-state index is -0.711. The molecular weight excluding hydrogens is 665 g/mol. The highest BCUT2D eigenvalue weighted by Gasteiger charge is 2.36. The topological polar surface area (TPSA) is 9.23 Å². The van der Waals surface area contributed by atoms with Crippen LogP contribution in [0.1, 0.15) is 44.5 Å². The third kappa shape index (κ3) is 7.34. The SMILES string of the molecule is C(#CC(c1ccccc1)(c1ccccc1)c1ccc(Oc2ccc(C(C#Cc3ccccc3)(c3ccccc3)c3ccccc3)cc2)cc1)c1ccccc1. The van der Waals surface area contributed by atoms with Gasteiger partial charge in [-0.15, -0.1) is 0 Å². The molecule has 0 aliphatic carbocycles. The highest BCUT2D eigenvalue weighted by molar-refractivity contribution is 5.62. The van der Waals surface area contributed by atoms with E-state index in [1.54, 1.807) is 0 Å². The molecule has 260 valence electrons. The molecule has 0 aliphatic heterocycles. The summed E-state index contributed by atoms with van der Waals surface area (Å²) in [5.74, 6) is 16.0. The molecule has 0 amide bonds. The van der Waals surface area contributed by atoms with Crippen molar-refractivity contribution in [3.8, 4) is 35.2 Å². The third-order valence-electron chi connectivity index (χ3n) is 9.97. The van der Waals surface area contributed by atoms with Crippen LogP contribution in [0.25, 0.3) is 0 Å². The van der Waals surface area contributed by atoms with E-state index >= 15 is 0 Å². The lowest BCUT2D eigenvalue weighted by Gasteiger charge is -2.31. The second kappa shape index (κ2) is 16.1. The van der Waals surface area contributed by atoms with E-state index in [9.17, 15) is 0 Å². The molecule has 1 nitrogen and oxygen atoms in total. The van der Waals surface area contributed by atoms with E-state index in [0.29, 0.717) is 0 Å². The quantitative estimate of drug-likeness (QED) is 0.113. The van der Waals surface area contributed by atoms with Gasteiger partial charge < -0.3 is 4.74 Å². The van der Waals surface area contributed by atoms with Crippen LogP contribution in [0, 0.1) is 23.7 Å². The fourth-order valence-electron chi connectivity index (χ4n) is 7.24. The summed E-state index contributed by atoms with van der Waals surface area (Å²) in [5, 5.41) is 0. The van der Waals surface area contributed by atoms with Crippen LogP contribution in [-0.2, 0) is 10.8 Å². The van der Waals surface area contributed by atoms with Crippen LogP contribution in [0.5, 0.6) is 11.5 Å². The molecule has 0 aromatic heterocycles. The zero-order chi connectivity index (χ0) is 37.2. The van der Waals surface area contributed by atoms with Gasteiger partial charge in [0, 0.05) is 11.1 Å². The monoisotopic (exact) mass is 702 g/mol. The second-order valence-electron chi connectivity index (χ2n) is 13.3. The molecule has 0 aliphatic rings. The van der Waals surface area contributed by atoms with Gasteiger partial charge in [-0.1, -0.05) is 206 Å². The van der Waals surface area contributed by atoms with Crippen molar-refractivity contribution in [3.05, 3.63) is 275 Å². The summed E-state index contributed by atoms with van der Waals surface area (Å²) in [4.78, 5) is 0. The molecule has 0 atom stereocenters. The predicted octanol–water partition coefficient (Wildman–Crippen LogP) is 12.3. The first kappa shape index (κ1) is 34.7. The first-order valence-electron chi connectivity index (χ1n) is 18.5. The maximum Gasteiger partial charge on any atom is 0.127 e. The van der Waals surface area contributed by atoms with Crippen molar-refractivity contribution in [2.24, 2.45) is 0 Å². The average Bonchev–Trinajstić information content (AvgIpc) is 3.27. The molecule has 55 heavy (non-hydrogen) atoms. The molecule has 0 radical (unpaired) electrons. The molecule has 0 saturated carbocycles. The van der Waals surface area contributed by atoms with Crippen molar-refractivity contribution in [1.82, 2.24) is 0 Å². The smallest absolute Gasteiger partial charge is 0.127 e. The Balaban J connectivity index is 1.17. The minimum absolute atomic E-state index is 0.711. The fourth-order valence-corrected chi connectivity index (χ4v) is 7.24. The molecule has 0 saturated heterocycles. The zero-order valence-corrected chi connectivity index (χ0v) is 30.3. The fraction of sp³-hybridized carbons (Fsp3) is 0.0370. The van der Waals surface area contributed by atoms with E-state index in [0.717, 1.165) is 56.0 Å². The van der Waals surface area contributed by atoms with Gasteiger partial charge in [0.25, 0.3) is 0 Å². The van der Waals surface area contributed by atoms with Gasteiger partial charge in [0.15, 0.2) is 0 Å². The molecule has 0 spiro atoms. The van der Waals surface area contributed by atoms with E-state index in [4.69, 9.17) is 4.74 Å². The molecule has 8 aromatic rings. The number of hydrogen-bond donors (Lipinski definition) is 0. The Bertz CT molecular complexity index is 2290. The van der Waals surface area contributed by atoms with Crippen LogP contribution in [0.15, 0.2) is 231 Å². The normalized spacial score (nSPS) is 11.0. The number of benzene rings is 8. The summed E-state index contributed by atoms with van der Waals surface area (Å²) in [6.45, 7) is 0. The first-order valence-corrected chi connectivity index (χ1v) is 18.5. The van der Waals surface area contributed by atoms with Gasteiger partial charge in [0.05, 0.1) is 0 Å². The van der Waals surface area contributed by atoms with E-state index in [1.165, 1.54) is 0 Å². The highest BCUT2D eigenvalue weighted by Crippen LogP contribution is 2.42. The lowest BCUT2D eigenvalue weighted by atomic mass is 9.70. The molecule has 0 N–H and O–H groups in total. The van der Waals surface area contributed by atoms with Crippen molar-refractivity contribution in [3.63, 3.8) is 0 Å². The Morgan fingerprint density at radius 1 is 0.255 bits per heavy atom. The third-order valence-corrected chi connectivity index (χ3v) is 9.97. The molecular formula is C54H38O. The van der Waals surface area contributed by atoms with Gasteiger partial charge in [0.2, 0.25) is 0 Å². The molecule has 8 rings (SSSR count). The van der Waals surface area contributed by atoms with E-state index < -0.39 is 10.8 Å². The maximum absolute atomic E-state index is 6.52. The summed E-state index contributed by atoms with van der Waals surface area (Å²) in [6.07, 6.45) is 0. The van der Waals surface area contributed by atoms with Gasteiger partial charge in [-0.05, 0) is 81.9 Å². The summed E-state index contributed by atoms with van der Waals surface area (Å²) in [7, 11) is 0. The highest BCUT2D eigenvalue weighted by atomic mass is 16.5. The van der Waals surface area contributed by atoms with Crippen LogP contribution in [0.2, 0.25) is 0 Å². The Hall–Kier alpha value is -7.32. The van der Waals surface area contributed by atoms with Crippen molar-refractivity contribution >= 4 is 0 Å². The van der Waals surface area contributed by atoms with Crippen molar-refractivity contribution in [2.45, 2.75) is 10.8 Å². The lowest BCUT2D eigenvalue weighted by molar-refractivity contribution is 0.482.